The van der Waals surface area contributed by atoms with Crippen LogP contribution in [0.3, 0.4) is 0 Å². The number of para-hydroxylation sites is 1. The van der Waals surface area contributed by atoms with Crippen molar-refractivity contribution in [3.05, 3.63) is 68.7 Å². The molecule has 0 spiro atoms. The highest BCUT2D eigenvalue weighted by Crippen LogP contribution is 2.25. The van der Waals surface area contributed by atoms with E-state index < -0.39 is 4.92 Å². The van der Waals surface area contributed by atoms with E-state index in [-0.39, 0.29) is 18.1 Å². The number of carbonyl (C=O) groups excluding carboxylic acids is 1. The van der Waals surface area contributed by atoms with Gasteiger partial charge in [0.2, 0.25) is 0 Å². The fourth-order valence-electron chi connectivity index (χ4n) is 2.15. The molecule has 2 aromatic carbocycles. The number of benzene rings is 2. The molecule has 7 heteroatoms. The lowest BCUT2D eigenvalue weighted by Crippen LogP contribution is -2.26. The molecule has 0 N–H and O–H groups in total. The number of nitro benzene ring substituents is 1. The van der Waals surface area contributed by atoms with Crippen LogP contribution < -0.4 is 0 Å². The molecule has 0 saturated carbocycles. The standard InChI is InChI=1S/C16H15ClN2O3S/c1-18(10-11-5-3-4-6-15(11)19(21)22)16(20)13-9-12(23-2)7-8-14(13)17/h3-9H,10H2,1-2H3. The predicted octanol–water partition coefficient (Wildman–Crippen LogP) is 4.24. The van der Waals surface area contributed by atoms with Gasteiger partial charge in [-0.1, -0.05) is 29.8 Å². The maximum atomic E-state index is 12.6. The van der Waals surface area contributed by atoms with E-state index in [1.54, 1.807) is 37.4 Å². The van der Waals surface area contributed by atoms with Crippen molar-refractivity contribution in [2.24, 2.45) is 0 Å². The van der Waals surface area contributed by atoms with Gasteiger partial charge in [0.25, 0.3) is 11.6 Å². The maximum absolute atomic E-state index is 12.6. The third kappa shape index (κ3) is 4.03. The number of rotatable bonds is 5. The molecule has 0 aromatic heterocycles. The van der Waals surface area contributed by atoms with E-state index in [0.717, 1.165) is 4.90 Å². The Morgan fingerprint density at radius 3 is 2.65 bits per heavy atom. The SMILES string of the molecule is CSc1ccc(Cl)c(C(=O)N(C)Cc2ccccc2[N+](=O)[O-])c1. The highest BCUT2D eigenvalue weighted by Gasteiger charge is 2.19. The molecule has 0 fully saturated rings. The van der Waals surface area contributed by atoms with Crippen LogP contribution in [0.2, 0.25) is 5.02 Å². The molecule has 0 heterocycles. The van der Waals surface area contributed by atoms with E-state index in [1.807, 2.05) is 12.3 Å². The molecule has 5 nitrogen and oxygen atoms in total. The zero-order valence-electron chi connectivity index (χ0n) is 12.7. The van der Waals surface area contributed by atoms with Crippen LogP contribution >= 0.6 is 23.4 Å². The molecule has 2 aromatic rings. The minimum atomic E-state index is -0.449. The molecule has 1 amide bonds. The molecule has 0 saturated heterocycles. The van der Waals surface area contributed by atoms with Crippen LogP contribution in [-0.2, 0) is 6.54 Å². The quantitative estimate of drug-likeness (QED) is 0.459. The third-order valence-electron chi connectivity index (χ3n) is 3.35. The number of hydrogen-bond acceptors (Lipinski definition) is 4. The molecular formula is C16H15ClN2O3S. The Morgan fingerprint density at radius 1 is 1.30 bits per heavy atom. The van der Waals surface area contributed by atoms with Gasteiger partial charge >= 0.3 is 0 Å². The molecule has 0 radical (unpaired) electrons. The van der Waals surface area contributed by atoms with Crippen molar-refractivity contribution in [2.75, 3.05) is 13.3 Å². The zero-order chi connectivity index (χ0) is 17.0. The van der Waals surface area contributed by atoms with Crippen molar-refractivity contribution < 1.29 is 9.72 Å². The van der Waals surface area contributed by atoms with E-state index in [4.69, 9.17) is 11.6 Å². The van der Waals surface area contributed by atoms with Crippen molar-refractivity contribution in [1.29, 1.82) is 0 Å². The fraction of sp³-hybridized carbons (Fsp3) is 0.188. The average Bonchev–Trinajstić information content (AvgIpc) is 2.55. The Balaban J connectivity index is 2.26. The Morgan fingerprint density at radius 2 is 2.00 bits per heavy atom. The molecule has 23 heavy (non-hydrogen) atoms. The maximum Gasteiger partial charge on any atom is 0.274 e. The lowest BCUT2D eigenvalue weighted by atomic mass is 10.1. The Hall–Kier alpha value is -2.05. The van der Waals surface area contributed by atoms with Crippen LogP contribution in [0.15, 0.2) is 47.4 Å². The lowest BCUT2D eigenvalue weighted by molar-refractivity contribution is -0.385. The van der Waals surface area contributed by atoms with Crippen molar-refractivity contribution in [2.45, 2.75) is 11.4 Å². The van der Waals surface area contributed by atoms with E-state index in [9.17, 15) is 14.9 Å². The average molecular weight is 351 g/mol. The van der Waals surface area contributed by atoms with Crippen LogP contribution in [0.4, 0.5) is 5.69 Å². The largest absolute Gasteiger partial charge is 0.337 e. The van der Waals surface area contributed by atoms with Gasteiger partial charge in [0.05, 0.1) is 22.1 Å². The second-order valence-corrected chi connectivity index (χ2v) is 6.18. The van der Waals surface area contributed by atoms with Gasteiger partial charge in [0.1, 0.15) is 0 Å². The van der Waals surface area contributed by atoms with Crippen molar-refractivity contribution in [1.82, 2.24) is 4.90 Å². The molecule has 0 aliphatic carbocycles. The summed E-state index contributed by atoms with van der Waals surface area (Å²) in [6.45, 7) is 0.135. The lowest BCUT2D eigenvalue weighted by Gasteiger charge is -2.18. The van der Waals surface area contributed by atoms with Crippen LogP contribution in [-0.4, -0.2) is 29.0 Å². The van der Waals surface area contributed by atoms with Crippen LogP contribution in [0.5, 0.6) is 0 Å². The molecule has 0 bridgehead atoms. The number of thioether (sulfide) groups is 1. The first-order chi connectivity index (χ1) is 10.9. The van der Waals surface area contributed by atoms with Crippen LogP contribution in [0, 0.1) is 10.1 Å². The van der Waals surface area contributed by atoms with E-state index >= 15 is 0 Å². The van der Waals surface area contributed by atoms with Gasteiger partial charge in [-0.05, 0) is 24.5 Å². The number of nitrogens with zero attached hydrogens (tertiary/aromatic N) is 2. The molecule has 120 valence electrons. The first-order valence-corrected chi connectivity index (χ1v) is 8.35. The summed E-state index contributed by atoms with van der Waals surface area (Å²) >= 11 is 7.62. The molecule has 0 aliphatic heterocycles. The summed E-state index contributed by atoms with van der Waals surface area (Å²) in [5.74, 6) is -0.274. The second-order valence-electron chi connectivity index (χ2n) is 4.89. The summed E-state index contributed by atoms with van der Waals surface area (Å²) in [4.78, 5) is 25.5. The summed E-state index contributed by atoms with van der Waals surface area (Å²) in [5.41, 5.74) is 0.862. The highest BCUT2D eigenvalue weighted by atomic mass is 35.5. The highest BCUT2D eigenvalue weighted by molar-refractivity contribution is 7.98. The fourth-order valence-corrected chi connectivity index (χ4v) is 2.79. The Kier molecular flexibility index (Phi) is 5.63. The van der Waals surface area contributed by atoms with Gasteiger partial charge in [-0.15, -0.1) is 11.8 Å². The molecule has 0 unspecified atom stereocenters. The van der Waals surface area contributed by atoms with Crippen molar-refractivity contribution in [3.63, 3.8) is 0 Å². The second kappa shape index (κ2) is 7.48. The zero-order valence-corrected chi connectivity index (χ0v) is 14.2. The summed E-state index contributed by atoms with van der Waals surface area (Å²) in [6, 6.07) is 11.6. The number of carbonyl (C=O) groups is 1. The molecule has 0 atom stereocenters. The minimum absolute atomic E-state index is 0.00360. The van der Waals surface area contributed by atoms with E-state index in [1.165, 1.54) is 22.7 Å². The predicted molar refractivity (Wildman–Crippen MR) is 92.1 cm³/mol. The summed E-state index contributed by atoms with van der Waals surface area (Å²) in [7, 11) is 1.60. The van der Waals surface area contributed by atoms with E-state index in [0.29, 0.717) is 16.1 Å². The van der Waals surface area contributed by atoms with Gasteiger partial charge in [-0.25, -0.2) is 0 Å². The number of amides is 1. The number of nitro groups is 1. The molecule has 0 aliphatic rings. The van der Waals surface area contributed by atoms with Gasteiger partial charge in [-0.2, -0.15) is 0 Å². The third-order valence-corrected chi connectivity index (χ3v) is 4.40. The molecule has 2 rings (SSSR count). The Bertz CT molecular complexity index is 752. The topological polar surface area (TPSA) is 63.5 Å². The summed E-state index contributed by atoms with van der Waals surface area (Å²) in [5, 5.41) is 11.4. The first kappa shape index (κ1) is 17.3. The summed E-state index contributed by atoms with van der Waals surface area (Å²) in [6.07, 6.45) is 1.91. The normalized spacial score (nSPS) is 10.4. The first-order valence-electron chi connectivity index (χ1n) is 6.75. The van der Waals surface area contributed by atoms with Gasteiger partial charge in [0, 0.05) is 23.6 Å². The van der Waals surface area contributed by atoms with Crippen LogP contribution in [0.1, 0.15) is 15.9 Å². The molecular weight excluding hydrogens is 336 g/mol. The number of hydrogen-bond donors (Lipinski definition) is 0. The van der Waals surface area contributed by atoms with E-state index in [2.05, 4.69) is 0 Å². The van der Waals surface area contributed by atoms with Crippen molar-refractivity contribution in [3.8, 4) is 0 Å². The van der Waals surface area contributed by atoms with Crippen LogP contribution in [0.25, 0.3) is 0 Å². The van der Waals surface area contributed by atoms with Gasteiger partial charge in [0.15, 0.2) is 0 Å². The summed E-state index contributed by atoms with van der Waals surface area (Å²) < 4.78 is 0. The Labute approximate surface area is 143 Å². The monoisotopic (exact) mass is 350 g/mol. The minimum Gasteiger partial charge on any atom is -0.337 e. The van der Waals surface area contributed by atoms with Gasteiger partial charge < -0.3 is 4.90 Å². The number of halogens is 1. The van der Waals surface area contributed by atoms with Gasteiger partial charge in [-0.3, -0.25) is 14.9 Å². The smallest absolute Gasteiger partial charge is 0.274 e. The van der Waals surface area contributed by atoms with Crippen molar-refractivity contribution >= 4 is 35.0 Å².